The predicted octanol–water partition coefficient (Wildman–Crippen LogP) is 5.61. The highest BCUT2D eigenvalue weighted by Crippen LogP contribution is 2.37. The number of methoxy groups -OCH3 is 1. The Morgan fingerprint density at radius 1 is 1.00 bits per heavy atom. The molecule has 0 unspecified atom stereocenters. The second-order valence-corrected chi connectivity index (χ2v) is 7.17. The van der Waals surface area contributed by atoms with Gasteiger partial charge in [-0.15, -0.1) is 0 Å². The number of hydrogen-bond donors (Lipinski definition) is 0. The molecule has 0 aliphatic carbocycles. The van der Waals surface area contributed by atoms with Gasteiger partial charge in [0.05, 0.1) is 12.8 Å². The summed E-state index contributed by atoms with van der Waals surface area (Å²) in [5.74, 6) is -0.824. The van der Waals surface area contributed by atoms with Gasteiger partial charge in [0, 0.05) is 29.6 Å². The molecule has 0 saturated heterocycles. The van der Waals surface area contributed by atoms with Gasteiger partial charge in [0.1, 0.15) is 22.7 Å². The van der Waals surface area contributed by atoms with Gasteiger partial charge in [-0.2, -0.15) is 0 Å². The smallest absolute Gasteiger partial charge is 0.342 e. The Balaban J connectivity index is 1.86. The van der Waals surface area contributed by atoms with E-state index in [1.54, 1.807) is 48.3 Å². The third-order valence-corrected chi connectivity index (χ3v) is 5.19. The number of rotatable bonds is 4. The largest absolute Gasteiger partial charge is 0.465 e. The SMILES string of the molecule is COC(=O)c1c(-c2ccc(F)cc2)oc2cc(N(C)C(=O)c3ccccc3)c(C)cc12. The van der Waals surface area contributed by atoms with E-state index in [-0.39, 0.29) is 17.2 Å². The Morgan fingerprint density at radius 2 is 1.68 bits per heavy atom. The number of carbonyl (C=O) groups excluding carboxylic acids is 2. The van der Waals surface area contributed by atoms with E-state index in [4.69, 9.17) is 9.15 Å². The van der Waals surface area contributed by atoms with Gasteiger partial charge in [-0.25, -0.2) is 9.18 Å². The summed E-state index contributed by atoms with van der Waals surface area (Å²) in [4.78, 5) is 27.0. The first-order valence-corrected chi connectivity index (χ1v) is 9.65. The van der Waals surface area contributed by atoms with Gasteiger partial charge >= 0.3 is 5.97 Å². The molecule has 3 aromatic carbocycles. The molecule has 0 spiro atoms. The maximum Gasteiger partial charge on any atom is 0.342 e. The number of nitrogens with zero attached hydrogens (tertiary/aromatic N) is 1. The summed E-state index contributed by atoms with van der Waals surface area (Å²) in [6.45, 7) is 1.86. The lowest BCUT2D eigenvalue weighted by molar-refractivity contribution is 0.0603. The van der Waals surface area contributed by atoms with Crippen LogP contribution in [0.3, 0.4) is 0 Å². The summed E-state index contributed by atoms with van der Waals surface area (Å²) in [5, 5.41) is 0.563. The van der Waals surface area contributed by atoms with Crippen LogP contribution in [0.25, 0.3) is 22.3 Å². The molecule has 5 nitrogen and oxygen atoms in total. The number of ether oxygens (including phenoxy) is 1. The van der Waals surface area contributed by atoms with Crippen molar-refractivity contribution in [3.8, 4) is 11.3 Å². The molecule has 6 heteroatoms. The first-order valence-electron chi connectivity index (χ1n) is 9.65. The molecule has 0 N–H and O–H groups in total. The lowest BCUT2D eigenvalue weighted by Crippen LogP contribution is -2.26. The van der Waals surface area contributed by atoms with Crippen molar-refractivity contribution in [2.24, 2.45) is 0 Å². The lowest BCUT2D eigenvalue weighted by Gasteiger charge is -2.19. The van der Waals surface area contributed by atoms with E-state index in [2.05, 4.69) is 0 Å². The first kappa shape index (κ1) is 20.3. The zero-order valence-electron chi connectivity index (χ0n) is 17.3. The number of esters is 1. The highest BCUT2D eigenvalue weighted by atomic mass is 19.1. The van der Waals surface area contributed by atoms with Crippen LogP contribution in [0.4, 0.5) is 10.1 Å². The minimum Gasteiger partial charge on any atom is -0.465 e. The second kappa shape index (κ2) is 8.07. The van der Waals surface area contributed by atoms with E-state index in [0.29, 0.717) is 27.8 Å². The Hall–Kier alpha value is -3.93. The predicted molar refractivity (Wildman–Crippen MR) is 117 cm³/mol. The average Bonchev–Trinajstić information content (AvgIpc) is 3.16. The Bertz CT molecular complexity index is 1280. The molecule has 1 heterocycles. The molecule has 1 aromatic heterocycles. The van der Waals surface area contributed by atoms with Crippen molar-refractivity contribution in [2.45, 2.75) is 6.92 Å². The van der Waals surface area contributed by atoms with Gasteiger partial charge in [0.25, 0.3) is 5.91 Å². The number of halogens is 1. The summed E-state index contributed by atoms with van der Waals surface area (Å²) < 4.78 is 24.4. The molecule has 1 amide bonds. The van der Waals surface area contributed by atoms with Crippen molar-refractivity contribution in [3.63, 3.8) is 0 Å². The molecule has 0 fully saturated rings. The third kappa shape index (κ3) is 3.68. The lowest BCUT2D eigenvalue weighted by atomic mass is 10.0. The number of amides is 1. The minimum absolute atomic E-state index is 0.165. The fraction of sp³-hybridized carbons (Fsp3) is 0.120. The second-order valence-electron chi connectivity index (χ2n) is 7.17. The number of hydrogen-bond acceptors (Lipinski definition) is 4. The van der Waals surface area contributed by atoms with E-state index in [1.165, 1.54) is 31.4 Å². The van der Waals surface area contributed by atoms with Crippen LogP contribution in [0.5, 0.6) is 0 Å². The van der Waals surface area contributed by atoms with E-state index in [1.807, 2.05) is 13.0 Å². The first-order chi connectivity index (χ1) is 14.9. The van der Waals surface area contributed by atoms with Crippen LogP contribution in [-0.2, 0) is 4.74 Å². The van der Waals surface area contributed by atoms with Crippen LogP contribution in [-0.4, -0.2) is 26.0 Å². The van der Waals surface area contributed by atoms with E-state index in [9.17, 15) is 14.0 Å². The molecule has 0 bridgehead atoms. The molecule has 0 aliphatic rings. The summed E-state index contributed by atoms with van der Waals surface area (Å²) in [7, 11) is 2.98. The van der Waals surface area contributed by atoms with E-state index < -0.39 is 11.8 Å². The summed E-state index contributed by atoms with van der Waals surface area (Å²) in [5.41, 5.74) is 3.23. The monoisotopic (exact) mass is 417 g/mol. The van der Waals surface area contributed by atoms with Gasteiger partial charge in [-0.1, -0.05) is 18.2 Å². The standard InChI is InChI=1S/C25H20FNO4/c1-15-13-19-21(14-20(15)27(2)24(28)17-7-5-4-6-8-17)31-23(22(19)25(29)30-3)16-9-11-18(26)12-10-16/h4-14H,1-3H3. The Kier molecular flexibility index (Phi) is 5.29. The Morgan fingerprint density at radius 3 is 2.32 bits per heavy atom. The van der Waals surface area contributed by atoms with Crippen LogP contribution in [0.1, 0.15) is 26.3 Å². The van der Waals surface area contributed by atoms with Crippen LogP contribution in [0.15, 0.2) is 71.1 Å². The number of carbonyl (C=O) groups is 2. The maximum atomic E-state index is 13.4. The molecular formula is C25H20FNO4. The van der Waals surface area contributed by atoms with Gasteiger partial charge in [0.2, 0.25) is 0 Å². The molecule has 0 radical (unpaired) electrons. The highest BCUT2D eigenvalue weighted by molar-refractivity contribution is 6.11. The number of aryl methyl sites for hydroxylation is 1. The van der Waals surface area contributed by atoms with Gasteiger partial charge in [-0.05, 0) is 55.0 Å². The van der Waals surface area contributed by atoms with Gasteiger partial charge in [0.15, 0.2) is 0 Å². The summed E-state index contributed by atoms with van der Waals surface area (Å²) in [6, 6.07) is 18.2. The van der Waals surface area contributed by atoms with Crippen LogP contribution >= 0.6 is 0 Å². The number of benzene rings is 3. The quantitative estimate of drug-likeness (QED) is 0.405. The number of fused-ring (bicyclic) bond motifs is 1. The van der Waals surface area contributed by atoms with Gasteiger partial charge in [-0.3, -0.25) is 4.79 Å². The third-order valence-electron chi connectivity index (χ3n) is 5.19. The fourth-order valence-electron chi connectivity index (χ4n) is 3.59. The van der Waals surface area contributed by atoms with Crippen LogP contribution < -0.4 is 4.90 Å². The average molecular weight is 417 g/mol. The molecular weight excluding hydrogens is 397 g/mol. The van der Waals surface area contributed by atoms with Crippen LogP contribution in [0, 0.1) is 12.7 Å². The molecule has 0 aliphatic heterocycles. The topological polar surface area (TPSA) is 59.8 Å². The van der Waals surface area contributed by atoms with Crippen LogP contribution in [0.2, 0.25) is 0 Å². The summed E-state index contributed by atoms with van der Waals surface area (Å²) >= 11 is 0. The zero-order valence-corrected chi connectivity index (χ0v) is 17.3. The van der Waals surface area contributed by atoms with Crippen molar-refractivity contribution in [3.05, 3.63) is 89.2 Å². The van der Waals surface area contributed by atoms with Crippen molar-refractivity contribution in [1.82, 2.24) is 0 Å². The molecule has 4 aromatic rings. The molecule has 156 valence electrons. The fourth-order valence-corrected chi connectivity index (χ4v) is 3.59. The number of furan rings is 1. The molecule has 31 heavy (non-hydrogen) atoms. The summed E-state index contributed by atoms with van der Waals surface area (Å²) in [6.07, 6.45) is 0. The maximum absolute atomic E-state index is 13.4. The van der Waals surface area contributed by atoms with Gasteiger partial charge < -0.3 is 14.1 Å². The molecule has 0 saturated carbocycles. The number of anilines is 1. The van der Waals surface area contributed by atoms with Crippen molar-refractivity contribution in [2.75, 3.05) is 19.1 Å². The Labute approximate surface area is 178 Å². The normalized spacial score (nSPS) is 10.8. The molecule has 4 rings (SSSR count). The van der Waals surface area contributed by atoms with E-state index >= 15 is 0 Å². The van der Waals surface area contributed by atoms with Crippen molar-refractivity contribution in [1.29, 1.82) is 0 Å². The van der Waals surface area contributed by atoms with Crippen molar-refractivity contribution >= 4 is 28.5 Å². The zero-order chi connectivity index (χ0) is 22.1. The minimum atomic E-state index is -0.557. The highest BCUT2D eigenvalue weighted by Gasteiger charge is 2.25. The van der Waals surface area contributed by atoms with Crippen molar-refractivity contribution < 1.29 is 23.1 Å². The van der Waals surface area contributed by atoms with E-state index in [0.717, 1.165) is 5.56 Å². The molecule has 0 atom stereocenters.